The number of nitrogens with one attached hydrogen (secondary N) is 2. The summed E-state index contributed by atoms with van der Waals surface area (Å²) in [7, 11) is 0. The molecule has 0 atom stereocenters. The number of H-pyrrole nitrogens is 2. The summed E-state index contributed by atoms with van der Waals surface area (Å²) in [4.78, 5) is 50.1. The second-order valence-corrected chi connectivity index (χ2v) is 17.6. The molecule has 268 valence electrons. The molecule has 7 aromatic rings. The second kappa shape index (κ2) is 11.5. The first-order valence-electron chi connectivity index (χ1n) is 18.4. The maximum atomic E-state index is 12.0. The Labute approximate surface area is 313 Å². The van der Waals surface area contributed by atoms with Crippen molar-refractivity contribution in [2.24, 2.45) is 0 Å². The second-order valence-electron chi connectivity index (χ2n) is 17.6. The molecule has 9 rings (SSSR count). The van der Waals surface area contributed by atoms with E-state index in [1.54, 1.807) is 6.07 Å². The van der Waals surface area contributed by atoms with Crippen molar-refractivity contribution in [1.29, 1.82) is 0 Å². The van der Waals surface area contributed by atoms with Crippen LogP contribution in [0.15, 0.2) is 72.8 Å². The van der Waals surface area contributed by atoms with Gasteiger partial charge in [0.1, 0.15) is 28.9 Å². The minimum atomic E-state index is -0.0982. The molecule has 2 aliphatic heterocycles. The summed E-state index contributed by atoms with van der Waals surface area (Å²) in [5, 5.41) is 3.67. The Morgan fingerprint density at radius 1 is 0.407 bits per heavy atom. The summed E-state index contributed by atoms with van der Waals surface area (Å²) in [5.41, 5.74) is 9.66. The zero-order valence-corrected chi connectivity index (χ0v) is 32.1. The van der Waals surface area contributed by atoms with Crippen LogP contribution in [0.1, 0.15) is 89.4 Å². The zero-order chi connectivity index (χ0) is 37.9. The molecule has 9 heteroatoms. The monoisotopic (exact) mass is 710 g/mol. The van der Waals surface area contributed by atoms with Crippen LogP contribution in [0.3, 0.4) is 0 Å². The SMILES string of the molecule is CC(C)(C)c1ccc2c(c1)-c1nc-2nc2[nH]c(nc3nc(nc4[nH]c(n1)c1ccc(C(C)(C)C)cc41)-c1cc(C=O)ccc1-3)c1cc(C(C)(C)C)ccc21. The quantitative estimate of drug-likeness (QED) is 0.162. The van der Waals surface area contributed by atoms with Gasteiger partial charge in [0.25, 0.3) is 0 Å². The van der Waals surface area contributed by atoms with Crippen LogP contribution >= 0.6 is 0 Å². The number of nitrogens with zero attached hydrogens (tertiary/aromatic N) is 6. The van der Waals surface area contributed by atoms with E-state index >= 15 is 0 Å². The van der Waals surface area contributed by atoms with Crippen LogP contribution < -0.4 is 0 Å². The third-order valence-corrected chi connectivity index (χ3v) is 10.6. The average molecular weight is 711 g/mol. The summed E-state index contributed by atoms with van der Waals surface area (Å²) in [6, 6.07) is 24.9. The predicted octanol–water partition coefficient (Wildman–Crippen LogP) is 10.6. The Hall–Kier alpha value is -6.09. The highest BCUT2D eigenvalue weighted by Crippen LogP contribution is 2.40. The van der Waals surface area contributed by atoms with E-state index in [0.717, 1.165) is 50.1 Å². The normalized spacial score (nSPS) is 13.0. The van der Waals surface area contributed by atoms with Crippen molar-refractivity contribution in [3.05, 3.63) is 95.1 Å². The van der Waals surface area contributed by atoms with E-state index in [4.69, 9.17) is 29.9 Å². The zero-order valence-electron chi connectivity index (χ0n) is 32.1. The van der Waals surface area contributed by atoms with Gasteiger partial charge >= 0.3 is 0 Å². The minimum Gasteiger partial charge on any atom is -0.324 e. The van der Waals surface area contributed by atoms with Crippen molar-refractivity contribution >= 4 is 50.4 Å². The van der Waals surface area contributed by atoms with Gasteiger partial charge in [-0.05, 0) is 63.3 Å². The molecule has 54 heavy (non-hydrogen) atoms. The number of benzene rings is 4. The number of carbonyl (C=O) groups excluding carboxylic acids is 1. The molecule has 0 aliphatic carbocycles. The van der Waals surface area contributed by atoms with Gasteiger partial charge in [0.05, 0.1) is 0 Å². The van der Waals surface area contributed by atoms with Gasteiger partial charge in [-0.3, -0.25) is 4.79 Å². The lowest BCUT2D eigenvalue weighted by atomic mass is 9.85. The molecule has 0 saturated heterocycles. The van der Waals surface area contributed by atoms with Crippen LogP contribution in [-0.4, -0.2) is 46.2 Å². The number of aldehydes is 1. The topological polar surface area (TPSA) is 126 Å². The molecule has 2 N–H and O–H groups in total. The molecule has 4 aromatic carbocycles. The Kier molecular flexibility index (Phi) is 7.15. The lowest BCUT2D eigenvalue weighted by Crippen LogP contribution is -2.10. The Morgan fingerprint density at radius 3 is 1.22 bits per heavy atom. The van der Waals surface area contributed by atoms with E-state index < -0.39 is 0 Å². The molecular formula is C45H42N8O. The highest BCUT2D eigenvalue weighted by atomic mass is 16.1. The molecule has 0 saturated carbocycles. The van der Waals surface area contributed by atoms with Gasteiger partial charge in [0, 0.05) is 49.4 Å². The maximum Gasteiger partial charge on any atom is 0.164 e. The van der Waals surface area contributed by atoms with Crippen molar-refractivity contribution in [2.75, 3.05) is 0 Å². The predicted molar refractivity (Wildman–Crippen MR) is 218 cm³/mol. The van der Waals surface area contributed by atoms with Gasteiger partial charge in [-0.2, -0.15) is 0 Å². The summed E-state index contributed by atoms with van der Waals surface area (Å²) in [6.45, 7) is 19.8. The molecule has 2 aliphatic rings. The van der Waals surface area contributed by atoms with Gasteiger partial charge in [-0.15, -0.1) is 0 Å². The Balaban J connectivity index is 1.48. The summed E-state index contributed by atoms with van der Waals surface area (Å²) in [5.74, 6) is 2.10. The number of carbonyl (C=O) groups is 1. The van der Waals surface area contributed by atoms with E-state index in [2.05, 4.69) is 127 Å². The Morgan fingerprint density at radius 2 is 0.778 bits per heavy atom. The molecule has 3 aromatic heterocycles. The highest BCUT2D eigenvalue weighted by Gasteiger charge is 2.26. The van der Waals surface area contributed by atoms with Crippen molar-refractivity contribution < 1.29 is 4.79 Å². The summed E-state index contributed by atoms with van der Waals surface area (Å²) in [6.07, 6.45) is 0.843. The standard InChI is InChI=1S/C45H42N8O/c1-43(2,3)24-11-15-28-32(19-24)40-48-35-27-14-10-23(22-54)18-31(27)39(47-35)53-42-34-21-26(45(7,8)9)13-17-30(34)38(52-42)51-41-33-20-25(44(4,5)6)12-16-29(33)37(50-41)46-36(28)49-40/h10-22H,1-9H3,(H2,46,47,48,49,50,51,52,53). The van der Waals surface area contributed by atoms with E-state index in [9.17, 15) is 4.79 Å². The molecule has 9 nitrogen and oxygen atoms in total. The van der Waals surface area contributed by atoms with Crippen molar-refractivity contribution in [3.8, 4) is 45.6 Å². The van der Waals surface area contributed by atoms with E-state index in [0.29, 0.717) is 51.4 Å². The average Bonchev–Trinajstić information content (AvgIpc) is 3.84. The Bertz CT molecular complexity index is 2910. The van der Waals surface area contributed by atoms with Crippen LogP contribution in [0, 0.1) is 0 Å². The fraction of sp³-hybridized carbons (Fsp3) is 0.267. The minimum absolute atomic E-state index is 0.0850. The largest absolute Gasteiger partial charge is 0.324 e. The van der Waals surface area contributed by atoms with Gasteiger partial charge in [0.2, 0.25) is 0 Å². The number of aromatic amines is 2. The number of hydrogen-bond acceptors (Lipinski definition) is 7. The van der Waals surface area contributed by atoms with Gasteiger partial charge < -0.3 is 9.97 Å². The van der Waals surface area contributed by atoms with Gasteiger partial charge in [-0.1, -0.05) is 105 Å². The number of fused-ring (bicyclic) bond motifs is 20. The smallest absolute Gasteiger partial charge is 0.164 e. The van der Waals surface area contributed by atoms with E-state index in [1.165, 1.54) is 16.7 Å². The lowest BCUT2D eigenvalue weighted by molar-refractivity contribution is 0.112. The fourth-order valence-corrected chi connectivity index (χ4v) is 7.28. The third-order valence-electron chi connectivity index (χ3n) is 10.6. The van der Waals surface area contributed by atoms with Crippen molar-refractivity contribution in [1.82, 2.24) is 39.9 Å². The van der Waals surface area contributed by atoms with E-state index in [-0.39, 0.29) is 16.2 Å². The first kappa shape index (κ1) is 33.7. The summed E-state index contributed by atoms with van der Waals surface area (Å²) < 4.78 is 0. The van der Waals surface area contributed by atoms with Gasteiger partial charge in [-0.25, -0.2) is 29.9 Å². The molecule has 0 unspecified atom stereocenters. The first-order chi connectivity index (χ1) is 25.5. The number of rotatable bonds is 1. The summed E-state index contributed by atoms with van der Waals surface area (Å²) >= 11 is 0. The van der Waals surface area contributed by atoms with Crippen molar-refractivity contribution in [3.63, 3.8) is 0 Å². The first-order valence-corrected chi connectivity index (χ1v) is 18.4. The van der Waals surface area contributed by atoms with Crippen LogP contribution in [0.4, 0.5) is 0 Å². The van der Waals surface area contributed by atoms with Crippen molar-refractivity contribution in [2.45, 2.75) is 78.6 Å². The van der Waals surface area contributed by atoms with Crippen LogP contribution in [0.2, 0.25) is 0 Å². The van der Waals surface area contributed by atoms with Crippen LogP contribution in [0.25, 0.3) is 89.7 Å². The highest BCUT2D eigenvalue weighted by molar-refractivity contribution is 6.07. The van der Waals surface area contributed by atoms with Crippen LogP contribution in [-0.2, 0) is 16.2 Å². The lowest BCUT2D eigenvalue weighted by Gasteiger charge is -2.19. The molecule has 0 spiro atoms. The molecule has 0 radical (unpaired) electrons. The third kappa shape index (κ3) is 5.49. The molecular weight excluding hydrogens is 669 g/mol. The van der Waals surface area contributed by atoms with E-state index in [1.807, 2.05) is 12.1 Å². The number of aromatic nitrogens is 8. The molecule has 0 amide bonds. The molecule has 5 heterocycles. The fourth-order valence-electron chi connectivity index (χ4n) is 7.28. The molecule has 8 bridgehead atoms. The number of hydrogen-bond donors (Lipinski definition) is 2. The molecule has 0 fully saturated rings. The van der Waals surface area contributed by atoms with Gasteiger partial charge in [0.15, 0.2) is 23.3 Å². The van der Waals surface area contributed by atoms with Crippen LogP contribution in [0.5, 0.6) is 0 Å². The maximum absolute atomic E-state index is 12.0.